The lowest BCUT2D eigenvalue weighted by molar-refractivity contribution is -0.148. The van der Waals surface area contributed by atoms with Crippen molar-refractivity contribution in [3.05, 3.63) is 22.2 Å². The van der Waals surface area contributed by atoms with Crippen LogP contribution in [0.3, 0.4) is 0 Å². The highest BCUT2D eigenvalue weighted by Crippen LogP contribution is 2.66. The van der Waals surface area contributed by atoms with Crippen molar-refractivity contribution < 1.29 is 105 Å². The number of nitrogen functional groups attached to an aromatic ring is 1. The minimum absolute atomic E-state index is 0.00811. The predicted octanol–water partition coefficient (Wildman–Crippen LogP) is -2.94. The molecule has 36 heteroatoms. The number of aliphatic hydroxyl groups excluding tert-OH is 1. The molecule has 0 bridgehead atoms. The fraction of sp³-hybridized carbons (Fsp3) is 0.594. The molecule has 0 saturated carbocycles. The number of phosphoric acid groups is 3. The van der Waals surface area contributed by atoms with Gasteiger partial charge in [-0.05, 0) is 12.8 Å². The summed E-state index contributed by atoms with van der Waals surface area (Å²) < 4.78 is 52.4. The summed E-state index contributed by atoms with van der Waals surface area (Å²) in [5.74, 6) is -1.90. The van der Waals surface area contributed by atoms with Gasteiger partial charge >= 0.3 is 47.1 Å². The lowest BCUT2D eigenvalue weighted by atomic mass is 10.1. The van der Waals surface area contributed by atoms with Gasteiger partial charge in [-0.1, -0.05) is 39.8 Å². The van der Waals surface area contributed by atoms with Crippen LogP contribution in [0.2, 0.25) is 0 Å². The number of carboxylic acid groups (broad SMARTS) is 3. The van der Waals surface area contributed by atoms with E-state index in [1.165, 1.54) is 21.6 Å². The van der Waals surface area contributed by atoms with E-state index in [2.05, 4.69) is 45.9 Å². The number of hydrogen-bond acceptors (Lipinski definition) is 21. The number of carboxylic acids is 3. The highest BCUT2D eigenvalue weighted by molar-refractivity contribution is 8.76. The quantitative estimate of drug-likeness (QED) is 0.0159. The summed E-state index contributed by atoms with van der Waals surface area (Å²) in [5.41, 5.74) is 10.8. The van der Waals surface area contributed by atoms with E-state index >= 15 is 0 Å². The number of nitrogens with two attached hydrogens (primary N) is 2. The van der Waals surface area contributed by atoms with E-state index in [9.17, 15) is 66.9 Å². The van der Waals surface area contributed by atoms with Crippen LogP contribution in [0.5, 0.6) is 0 Å². The second-order valence-electron chi connectivity index (χ2n) is 13.9. The first-order chi connectivity index (χ1) is 31.6. The SMILES string of the molecule is Nc1nc(=O)n([C@H]2C[C@@H](O)[C@@H](COP(=O)(O)OP(=O)(O)OP(=O)(O)O)O2)cc1C#CCNC(=O)CCSSCC(N)C(=O)NCCCCCC(=O)NC(CC(=O)O)C(=O)NC(CC(=O)O)C(=O)O. The van der Waals surface area contributed by atoms with Crippen molar-refractivity contribution in [2.45, 2.75) is 87.9 Å². The van der Waals surface area contributed by atoms with E-state index in [4.69, 9.17) is 41.3 Å². The van der Waals surface area contributed by atoms with Gasteiger partial charge in [-0.3, -0.25) is 37.9 Å². The molecule has 1 fully saturated rings. The maximum Gasteiger partial charge on any atom is 0.490 e. The molecule has 4 amide bonds. The van der Waals surface area contributed by atoms with Crippen molar-refractivity contribution >= 4 is 92.4 Å². The van der Waals surface area contributed by atoms with Crippen molar-refractivity contribution in [2.24, 2.45) is 5.73 Å². The molecular weight excluding hydrogens is 1020 g/mol. The van der Waals surface area contributed by atoms with Crippen molar-refractivity contribution in [1.29, 1.82) is 0 Å². The van der Waals surface area contributed by atoms with Gasteiger partial charge in [0, 0.05) is 43.5 Å². The Morgan fingerprint density at radius 2 is 1.54 bits per heavy atom. The van der Waals surface area contributed by atoms with E-state index < -0.39 is 121 Å². The largest absolute Gasteiger partial charge is 0.490 e. The third kappa shape index (κ3) is 23.7. The number of ether oxygens (including phenoxy) is 1. The number of aliphatic carboxylic acids is 3. The highest BCUT2D eigenvalue weighted by Gasteiger charge is 2.43. The number of carbonyl (C=O) groups excluding carboxylic acids is 4. The van der Waals surface area contributed by atoms with Gasteiger partial charge in [-0.15, -0.1) is 0 Å². The topological polar surface area (TPSA) is 505 Å². The summed E-state index contributed by atoms with van der Waals surface area (Å²) in [6, 6.07) is -4.40. The number of aromatic nitrogens is 2. The molecular formula is C32H49N8O23P3S2. The second kappa shape index (κ2) is 28.3. The maximum absolute atomic E-state index is 12.6. The van der Waals surface area contributed by atoms with Crippen LogP contribution in [-0.2, 0) is 65.1 Å². The van der Waals surface area contributed by atoms with Crippen molar-refractivity contribution in [2.75, 3.05) is 36.9 Å². The van der Waals surface area contributed by atoms with E-state index in [-0.39, 0.29) is 61.8 Å². The molecule has 382 valence electrons. The monoisotopic (exact) mass is 1070 g/mol. The van der Waals surface area contributed by atoms with E-state index in [1.807, 2.05) is 5.32 Å². The number of phosphoric ester groups is 1. The first-order valence-corrected chi connectivity index (χ1v) is 26.4. The molecule has 0 spiro atoms. The van der Waals surface area contributed by atoms with E-state index in [1.54, 1.807) is 0 Å². The number of rotatable bonds is 30. The average Bonchev–Trinajstić information content (AvgIpc) is 3.57. The molecule has 1 aliphatic heterocycles. The van der Waals surface area contributed by atoms with E-state index in [0.717, 1.165) is 10.8 Å². The molecule has 5 unspecified atom stereocenters. The number of carbonyl (C=O) groups is 7. The summed E-state index contributed by atoms with van der Waals surface area (Å²) in [6.45, 7) is -0.929. The smallest absolute Gasteiger partial charge is 0.481 e. The number of anilines is 1. The van der Waals surface area contributed by atoms with Gasteiger partial charge < -0.3 is 77.5 Å². The molecule has 1 aromatic rings. The summed E-state index contributed by atoms with van der Waals surface area (Å²) in [5, 5.41) is 46.7. The molecule has 0 aromatic carbocycles. The van der Waals surface area contributed by atoms with Crippen LogP contribution < -0.4 is 38.4 Å². The molecule has 0 aliphatic carbocycles. The zero-order valence-corrected chi connectivity index (χ0v) is 39.5. The van der Waals surface area contributed by atoms with Gasteiger partial charge in [0.15, 0.2) is 0 Å². The van der Waals surface area contributed by atoms with Crippen LogP contribution in [0.1, 0.15) is 63.2 Å². The van der Waals surface area contributed by atoms with Crippen molar-refractivity contribution in [3.8, 4) is 11.8 Å². The van der Waals surface area contributed by atoms with Gasteiger partial charge in [-0.2, -0.15) is 13.6 Å². The van der Waals surface area contributed by atoms with Gasteiger partial charge in [0.05, 0.1) is 43.7 Å². The van der Waals surface area contributed by atoms with Crippen molar-refractivity contribution in [1.82, 2.24) is 30.8 Å². The molecule has 16 N–H and O–H groups in total. The summed E-state index contributed by atoms with van der Waals surface area (Å²) in [6.07, 6.45) is -4.12. The Morgan fingerprint density at radius 3 is 2.18 bits per heavy atom. The molecule has 2 heterocycles. The molecule has 68 heavy (non-hydrogen) atoms. The summed E-state index contributed by atoms with van der Waals surface area (Å²) in [7, 11) is -14.4. The standard InChI is InChI=1S/C32H49N8O23P3S2/c33-18(29(48)36-8-3-1-2-6-24(43)37-19(11-26(44)45)30(49)38-20(31(50)51)12-27(46)47)16-68-67-10-7-23(42)35-9-4-5-17-14-40(32(52)39-28(17)34)25-13-21(41)22(61-25)15-60-65(56,57)63-66(58,59)62-64(53,54)55/h14,18-22,25,41H,1-3,6-13,15-16,33H2,(H,35,42)(H,36,48)(H,37,43)(H,38,49)(H,44,45)(H,46,47)(H,50,51)(H,56,57)(H,58,59)(H2,34,39,52)(H2,53,54,55)/t18?,19?,20?,21-,22-,25-/m1/s1. The van der Waals surface area contributed by atoms with Crippen LogP contribution >= 0.6 is 45.1 Å². The molecule has 31 nitrogen and oxygen atoms in total. The first-order valence-electron chi connectivity index (χ1n) is 19.4. The van der Waals surface area contributed by atoms with E-state index in [0.29, 0.717) is 18.6 Å². The Kier molecular flexibility index (Phi) is 24.8. The van der Waals surface area contributed by atoms with Crippen LogP contribution in [-0.4, -0.2) is 153 Å². The van der Waals surface area contributed by atoms with Gasteiger partial charge in [-0.25, -0.2) is 23.3 Å². The highest BCUT2D eigenvalue weighted by atomic mass is 33.1. The first kappa shape index (κ1) is 59.6. The predicted molar refractivity (Wildman–Crippen MR) is 232 cm³/mol. The lowest BCUT2D eigenvalue weighted by Gasteiger charge is -2.19. The zero-order valence-electron chi connectivity index (χ0n) is 35.1. The molecule has 0 radical (unpaired) electrons. The Morgan fingerprint density at radius 1 is 0.882 bits per heavy atom. The number of hydrogen-bond donors (Lipinski definition) is 14. The molecule has 1 saturated heterocycles. The third-order valence-electron chi connectivity index (χ3n) is 8.39. The van der Waals surface area contributed by atoms with Crippen LogP contribution in [0.15, 0.2) is 11.0 Å². The minimum Gasteiger partial charge on any atom is -0.481 e. The Hall–Kier alpha value is -4.48. The molecule has 2 rings (SSSR count). The fourth-order valence-electron chi connectivity index (χ4n) is 5.28. The van der Waals surface area contributed by atoms with Crippen LogP contribution in [0, 0.1) is 11.8 Å². The Bertz CT molecular complexity index is 2260. The summed E-state index contributed by atoms with van der Waals surface area (Å²) in [4.78, 5) is 135. The number of nitrogens with zero attached hydrogens (tertiary/aromatic N) is 2. The minimum atomic E-state index is -5.79. The fourth-order valence-corrected chi connectivity index (χ4v) is 10.4. The van der Waals surface area contributed by atoms with Gasteiger partial charge in [0.2, 0.25) is 23.6 Å². The maximum atomic E-state index is 12.6. The molecule has 1 aromatic heterocycles. The number of amides is 4. The second-order valence-corrected chi connectivity index (χ2v) is 21.0. The normalized spacial score (nSPS) is 18.8. The molecule has 1 aliphatic rings. The van der Waals surface area contributed by atoms with Gasteiger partial charge in [0.25, 0.3) is 0 Å². The third-order valence-corrected chi connectivity index (χ3v) is 14.6. The average molecular weight is 1070 g/mol. The summed E-state index contributed by atoms with van der Waals surface area (Å²) >= 11 is 0. The van der Waals surface area contributed by atoms with Crippen LogP contribution in [0.25, 0.3) is 0 Å². The zero-order chi connectivity index (χ0) is 51.4. The number of unbranched alkanes of at least 4 members (excludes halogenated alkanes) is 2. The number of nitrogens with one attached hydrogen (secondary N) is 4. The van der Waals surface area contributed by atoms with Crippen molar-refractivity contribution in [3.63, 3.8) is 0 Å². The Labute approximate surface area is 392 Å². The van der Waals surface area contributed by atoms with Crippen LogP contribution in [0.4, 0.5) is 5.82 Å². The number of aliphatic hydroxyl groups is 1. The lowest BCUT2D eigenvalue weighted by Crippen LogP contribution is -2.52. The Balaban J connectivity index is 1.69. The van der Waals surface area contributed by atoms with Gasteiger partial charge in [0.1, 0.15) is 30.2 Å². The molecule has 8 atom stereocenters.